The van der Waals surface area contributed by atoms with Crippen LogP contribution in [0.5, 0.6) is 0 Å². The van der Waals surface area contributed by atoms with Crippen LogP contribution in [0.3, 0.4) is 0 Å². The van der Waals surface area contributed by atoms with Gasteiger partial charge in [-0.1, -0.05) is 6.07 Å². The summed E-state index contributed by atoms with van der Waals surface area (Å²) in [6, 6.07) is 5.86. The summed E-state index contributed by atoms with van der Waals surface area (Å²) in [7, 11) is 1.42. The van der Waals surface area contributed by atoms with Crippen molar-refractivity contribution < 1.29 is 18.9 Å². The number of nitro groups is 1. The van der Waals surface area contributed by atoms with Gasteiger partial charge in [0.05, 0.1) is 16.7 Å². The van der Waals surface area contributed by atoms with Gasteiger partial charge in [0, 0.05) is 4.73 Å². The standard InChI is InChI=1S/C13H13FN3O3/c1-9-3-4-11(10(14)7-9)15-12-8-16(20-2)6-5-13(12)17(18)19/h3-8,15H,1-2H3/q+1. The third kappa shape index (κ3) is 2.82. The quantitative estimate of drug-likeness (QED) is 0.528. The third-order valence-corrected chi connectivity index (χ3v) is 2.71. The lowest BCUT2D eigenvalue weighted by Gasteiger charge is -2.07. The van der Waals surface area contributed by atoms with Crippen molar-refractivity contribution in [2.75, 3.05) is 12.4 Å². The van der Waals surface area contributed by atoms with Crippen molar-refractivity contribution in [3.05, 3.63) is 58.2 Å². The molecule has 2 aromatic rings. The van der Waals surface area contributed by atoms with E-state index in [4.69, 9.17) is 4.84 Å². The van der Waals surface area contributed by atoms with E-state index in [0.717, 1.165) is 5.56 Å². The summed E-state index contributed by atoms with van der Waals surface area (Å²) in [6.45, 7) is 1.76. The average molecular weight is 278 g/mol. The Labute approximate surface area is 114 Å². The van der Waals surface area contributed by atoms with Gasteiger partial charge in [-0.15, -0.1) is 0 Å². The van der Waals surface area contributed by atoms with E-state index in [9.17, 15) is 14.5 Å². The van der Waals surface area contributed by atoms with Crippen LogP contribution in [0, 0.1) is 22.9 Å². The second-order valence-corrected chi connectivity index (χ2v) is 4.15. The van der Waals surface area contributed by atoms with Crippen molar-refractivity contribution in [2.24, 2.45) is 0 Å². The summed E-state index contributed by atoms with van der Waals surface area (Å²) in [5.74, 6) is -0.480. The van der Waals surface area contributed by atoms with Crippen molar-refractivity contribution >= 4 is 17.1 Å². The Morgan fingerprint density at radius 2 is 2.10 bits per heavy atom. The first-order valence-electron chi connectivity index (χ1n) is 5.78. The number of hydrogen-bond acceptors (Lipinski definition) is 4. The smallest absolute Gasteiger partial charge is 0.305 e. The Hall–Kier alpha value is -2.70. The lowest BCUT2D eigenvalue weighted by atomic mass is 10.2. The van der Waals surface area contributed by atoms with Crippen LogP contribution >= 0.6 is 0 Å². The lowest BCUT2D eigenvalue weighted by Crippen LogP contribution is -2.39. The minimum Gasteiger partial charge on any atom is -0.342 e. The van der Waals surface area contributed by atoms with Crippen LogP contribution < -0.4 is 14.9 Å². The van der Waals surface area contributed by atoms with E-state index in [1.807, 2.05) is 0 Å². The highest BCUT2D eigenvalue weighted by molar-refractivity contribution is 5.67. The number of halogens is 1. The Balaban J connectivity index is 2.43. The maximum Gasteiger partial charge on any atom is 0.305 e. The van der Waals surface area contributed by atoms with Crippen LogP contribution in [-0.4, -0.2) is 12.0 Å². The molecular weight excluding hydrogens is 265 g/mol. The molecule has 7 heteroatoms. The molecule has 1 heterocycles. The zero-order valence-corrected chi connectivity index (χ0v) is 11.0. The number of rotatable bonds is 4. The second-order valence-electron chi connectivity index (χ2n) is 4.15. The van der Waals surface area contributed by atoms with Gasteiger partial charge in [0.15, 0.2) is 5.69 Å². The summed E-state index contributed by atoms with van der Waals surface area (Å²) in [6.07, 6.45) is 2.77. The van der Waals surface area contributed by atoms with Gasteiger partial charge in [-0.25, -0.2) is 4.39 Å². The van der Waals surface area contributed by atoms with Gasteiger partial charge < -0.3 is 5.32 Å². The van der Waals surface area contributed by atoms with Crippen LogP contribution in [0.1, 0.15) is 5.56 Å². The molecule has 0 aliphatic rings. The highest BCUT2D eigenvalue weighted by Gasteiger charge is 2.20. The Bertz CT molecular complexity index is 661. The first-order valence-corrected chi connectivity index (χ1v) is 5.78. The molecule has 104 valence electrons. The highest BCUT2D eigenvalue weighted by atomic mass is 19.1. The number of aryl methyl sites for hydroxylation is 1. The molecule has 0 unspecified atom stereocenters. The Morgan fingerprint density at radius 1 is 1.35 bits per heavy atom. The van der Waals surface area contributed by atoms with Crippen LogP contribution in [-0.2, 0) is 0 Å². The molecule has 0 amide bonds. The van der Waals surface area contributed by atoms with Crippen LogP contribution in [0.4, 0.5) is 21.5 Å². The fourth-order valence-corrected chi connectivity index (χ4v) is 1.71. The molecule has 1 aromatic heterocycles. The fraction of sp³-hybridized carbons (Fsp3) is 0.154. The van der Waals surface area contributed by atoms with Crippen molar-refractivity contribution in [3.8, 4) is 0 Å². The van der Waals surface area contributed by atoms with E-state index in [-0.39, 0.29) is 17.1 Å². The third-order valence-electron chi connectivity index (χ3n) is 2.71. The van der Waals surface area contributed by atoms with Gasteiger partial charge in [-0.2, -0.15) is 0 Å². The molecule has 1 N–H and O–H groups in total. The number of nitrogens with zero attached hydrogens (tertiary/aromatic N) is 2. The van der Waals surface area contributed by atoms with Crippen molar-refractivity contribution in [3.63, 3.8) is 0 Å². The number of benzene rings is 1. The van der Waals surface area contributed by atoms with Crippen molar-refractivity contribution in [2.45, 2.75) is 6.92 Å². The largest absolute Gasteiger partial charge is 0.342 e. The summed E-state index contributed by atoms with van der Waals surface area (Å²) in [5.41, 5.74) is 0.899. The van der Waals surface area contributed by atoms with E-state index in [1.165, 1.54) is 42.4 Å². The van der Waals surface area contributed by atoms with Gasteiger partial charge in [0.2, 0.25) is 6.20 Å². The highest BCUT2D eigenvalue weighted by Crippen LogP contribution is 2.27. The topological polar surface area (TPSA) is 68.3 Å². The van der Waals surface area contributed by atoms with E-state index < -0.39 is 10.7 Å². The summed E-state index contributed by atoms with van der Waals surface area (Å²) >= 11 is 0. The number of nitrogens with one attached hydrogen (secondary N) is 1. The molecule has 0 aliphatic carbocycles. The molecule has 0 atom stereocenters. The Morgan fingerprint density at radius 3 is 2.70 bits per heavy atom. The van der Waals surface area contributed by atoms with Crippen LogP contribution in [0.25, 0.3) is 0 Å². The SMILES string of the molecule is CO[n+]1ccc([N+](=O)[O-])c(Nc2ccc(C)cc2F)c1. The predicted molar refractivity (Wildman–Crippen MR) is 70.2 cm³/mol. The average Bonchev–Trinajstić information content (AvgIpc) is 2.41. The second kappa shape index (κ2) is 5.52. The van der Waals surface area contributed by atoms with Crippen LogP contribution in [0.15, 0.2) is 36.7 Å². The zero-order chi connectivity index (χ0) is 14.7. The van der Waals surface area contributed by atoms with Gasteiger partial charge in [-0.05, 0) is 24.6 Å². The maximum atomic E-state index is 13.8. The number of anilines is 2. The molecule has 0 saturated heterocycles. The van der Waals surface area contributed by atoms with Gasteiger partial charge in [0.1, 0.15) is 12.9 Å². The van der Waals surface area contributed by atoms with E-state index >= 15 is 0 Å². The van der Waals surface area contributed by atoms with E-state index in [2.05, 4.69) is 5.32 Å². The molecule has 1 aromatic carbocycles. The number of hydrogen-bond donors (Lipinski definition) is 1. The molecule has 0 bridgehead atoms. The normalized spacial score (nSPS) is 10.2. The fourth-order valence-electron chi connectivity index (χ4n) is 1.71. The summed E-state index contributed by atoms with van der Waals surface area (Å²) < 4.78 is 15.1. The Kier molecular flexibility index (Phi) is 3.79. The van der Waals surface area contributed by atoms with E-state index in [1.54, 1.807) is 13.0 Å². The minimum atomic E-state index is -0.547. The maximum absolute atomic E-state index is 13.8. The van der Waals surface area contributed by atoms with Gasteiger partial charge >= 0.3 is 5.69 Å². The van der Waals surface area contributed by atoms with Gasteiger partial charge in [0.25, 0.3) is 6.20 Å². The first-order chi connectivity index (χ1) is 9.51. The molecular formula is C13H13FN3O3+. The molecule has 6 nitrogen and oxygen atoms in total. The predicted octanol–water partition coefficient (Wildman–Crippen LogP) is 2.13. The number of pyridine rings is 1. The number of aromatic nitrogens is 1. The summed E-state index contributed by atoms with van der Waals surface area (Å²) in [4.78, 5) is 15.4. The van der Waals surface area contributed by atoms with Gasteiger partial charge in [-0.3, -0.25) is 15.0 Å². The molecule has 0 saturated carbocycles. The van der Waals surface area contributed by atoms with Crippen molar-refractivity contribution in [1.29, 1.82) is 0 Å². The van der Waals surface area contributed by atoms with Crippen molar-refractivity contribution in [1.82, 2.24) is 0 Å². The molecule has 20 heavy (non-hydrogen) atoms. The monoisotopic (exact) mass is 278 g/mol. The molecule has 0 spiro atoms. The summed E-state index contributed by atoms with van der Waals surface area (Å²) in [5, 5.41) is 13.7. The lowest BCUT2D eigenvalue weighted by molar-refractivity contribution is -0.885. The van der Waals surface area contributed by atoms with E-state index in [0.29, 0.717) is 0 Å². The minimum absolute atomic E-state index is 0.141. The molecule has 2 rings (SSSR count). The molecule has 0 fully saturated rings. The first kappa shape index (κ1) is 13.7. The van der Waals surface area contributed by atoms with Crippen LogP contribution in [0.2, 0.25) is 0 Å². The molecule has 0 radical (unpaired) electrons. The molecule has 0 aliphatic heterocycles. The zero-order valence-electron chi connectivity index (χ0n) is 11.0.